The SMILES string of the molecule is OC(c1ccccc1)(c1ccccc1)C1CCC(CCc2ccc(-c3ccccc3)cc2)CC1. The Morgan fingerprint density at radius 2 is 1.03 bits per heavy atom. The van der Waals surface area contributed by atoms with Crippen LogP contribution in [0.3, 0.4) is 0 Å². The van der Waals surface area contributed by atoms with Gasteiger partial charge in [-0.25, -0.2) is 0 Å². The smallest absolute Gasteiger partial charge is 0.117 e. The number of aliphatic hydroxyl groups is 1. The summed E-state index contributed by atoms with van der Waals surface area (Å²) in [5.41, 5.74) is 5.10. The molecule has 0 heterocycles. The summed E-state index contributed by atoms with van der Waals surface area (Å²) in [4.78, 5) is 0. The van der Waals surface area contributed by atoms with E-state index >= 15 is 0 Å². The summed E-state index contributed by atoms with van der Waals surface area (Å²) in [5.74, 6) is 0.986. The third-order valence-corrected chi connectivity index (χ3v) is 7.77. The zero-order chi connectivity index (χ0) is 23.2. The Bertz CT molecular complexity index is 1100. The fourth-order valence-electron chi connectivity index (χ4n) is 5.76. The average molecular weight is 447 g/mol. The van der Waals surface area contributed by atoms with Crippen molar-refractivity contribution in [3.63, 3.8) is 0 Å². The molecule has 1 N–H and O–H groups in total. The molecule has 1 fully saturated rings. The number of benzene rings is 4. The van der Waals surface area contributed by atoms with Crippen LogP contribution < -0.4 is 0 Å². The van der Waals surface area contributed by atoms with Gasteiger partial charge in [0, 0.05) is 0 Å². The first kappa shape index (κ1) is 22.6. The average Bonchev–Trinajstić information content (AvgIpc) is 2.93. The fraction of sp³-hybridized carbons (Fsp3) is 0.273. The van der Waals surface area contributed by atoms with Crippen LogP contribution in [0.1, 0.15) is 48.8 Å². The van der Waals surface area contributed by atoms with Gasteiger partial charge in [0.25, 0.3) is 0 Å². The summed E-state index contributed by atoms with van der Waals surface area (Å²) in [7, 11) is 0. The van der Waals surface area contributed by atoms with Gasteiger partial charge in [-0.1, -0.05) is 128 Å². The van der Waals surface area contributed by atoms with Crippen LogP contribution >= 0.6 is 0 Å². The van der Waals surface area contributed by atoms with Crippen molar-refractivity contribution < 1.29 is 5.11 Å². The lowest BCUT2D eigenvalue weighted by molar-refractivity contribution is -0.00795. The molecule has 172 valence electrons. The summed E-state index contributed by atoms with van der Waals surface area (Å²) in [6.07, 6.45) is 6.87. The number of hydrogen-bond acceptors (Lipinski definition) is 1. The van der Waals surface area contributed by atoms with Crippen molar-refractivity contribution in [2.45, 2.75) is 44.1 Å². The van der Waals surface area contributed by atoms with Gasteiger partial charge in [0.15, 0.2) is 0 Å². The number of rotatable bonds is 7. The lowest BCUT2D eigenvalue weighted by Gasteiger charge is -2.41. The maximum Gasteiger partial charge on any atom is 0.117 e. The van der Waals surface area contributed by atoms with Gasteiger partial charge in [-0.15, -0.1) is 0 Å². The summed E-state index contributed by atoms with van der Waals surface area (Å²) in [5, 5.41) is 12.1. The monoisotopic (exact) mass is 446 g/mol. The molecular weight excluding hydrogens is 412 g/mol. The molecule has 1 heteroatoms. The van der Waals surface area contributed by atoms with Gasteiger partial charge in [-0.2, -0.15) is 0 Å². The minimum Gasteiger partial charge on any atom is -0.380 e. The van der Waals surface area contributed by atoms with Crippen molar-refractivity contribution >= 4 is 0 Å². The van der Waals surface area contributed by atoms with E-state index in [1.807, 2.05) is 36.4 Å². The minimum absolute atomic E-state index is 0.249. The number of aryl methyl sites for hydroxylation is 1. The van der Waals surface area contributed by atoms with Crippen LogP contribution in [0.4, 0.5) is 0 Å². The molecule has 1 aliphatic carbocycles. The molecule has 1 nitrogen and oxygen atoms in total. The van der Waals surface area contributed by atoms with Gasteiger partial charge in [-0.05, 0) is 65.3 Å². The molecule has 0 spiro atoms. The molecule has 0 bridgehead atoms. The summed E-state index contributed by atoms with van der Waals surface area (Å²) in [6, 6.07) is 40.2. The van der Waals surface area contributed by atoms with E-state index in [9.17, 15) is 5.11 Å². The highest BCUT2D eigenvalue weighted by atomic mass is 16.3. The molecule has 0 radical (unpaired) electrons. The highest BCUT2D eigenvalue weighted by molar-refractivity contribution is 5.63. The largest absolute Gasteiger partial charge is 0.380 e. The Hall–Kier alpha value is -3.16. The van der Waals surface area contributed by atoms with Crippen LogP contribution in [0.25, 0.3) is 11.1 Å². The molecule has 1 saturated carbocycles. The summed E-state index contributed by atoms with van der Waals surface area (Å²) < 4.78 is 0. The lowest BCUT2D eigenvalue weighted by Crippen LogP contribution is -2.38. The van der Waals surface area contributed by atoms with Crippen molar-refractivity contribution in [3.8, 4) is 11.1 Å². The van der Waals surface area contributed by atoms with E-state index in [4.69, 9.17) is 0 Å². The van der Waals surface area contributed by atoms with E-state index in [0.29, 0.717) is 0 Å². The number of hydrogen-bond donors (Lipinski definition) is 1. The van der Waals surface area contributed by atoms with Crippen LogP contribution in [-0.2, 0) is 12.0 Å². The predicted molar refractivity (Wildman–Crippen MR) is 142 cm³/mol. The minimum atomic E-state index is -0.916. The van der Waals surface area contributed by atoms with Crippen LogP contribution in [0.15, 0.2) is 115 Å². The Kier molecular flexibility index (Phi) is 6.92. The molecule has 1 aliphatic rings. The van der Waals surface area contributed by atoms with E-state index in [-0.39, 0.29) is 5.92 Å². The Morgan fingerprint density at radius 1 is 0.559 bits per heavy atom. The van der Waals surface area contributed by atoms with Gasteiger partial charge >= 0.3 is 0 Å². The van der Waals surface area contributed by atoms with Crippen molar-refractivity contribution in [1.82, 2.24) is 0 Å². The topological polar surface area (TPSA) is 20.2 Å². The first-order valence-corrected chi connectivity index (χ1v) is 12.7. The van der Waals surface area contributed by atoms with Gasteiger partial charge in [0.2, 0.25) is 0 Å². The summed E-state index contributed by atoms with van der Waals surface area (Å²) in [6.45, 7) is 0. The van der Waals surface area contributed by atoms with Crippen LogP contribution in [0, 0.1) is 11.8 Å². The van der Waals surface area contributed by atoms with Gasteiger partial charge in [0.05, 0.1) is 0 Å². The molecule has 5 rings (SSSR count). The van der Waals surface area contributed by atoms with E-state index in [1.165, 1.54) is 36.0 Å². The Morgan fingerprint density at radius 3 is 1.56 bits per heavy atom. The maximum atomic E-state index is 12.1. The Balaban J connectivity index is 1.22. The molecule has 0 aliphatic heterocycles. The van der Waals surface area contributed by atoms with E-state index in [0.717, 1.165) is 36.3 Å². The van der Waals surface area contributed by atoms with Crippen LogP contribution in [-0.4, -0.2) is 5.11 Å². The molecule has 0 atom stereocenters. The highest BCUT2D eigenvalue weighted by Gasteiger charge is 2.41. The van der Waals surface area contributed by atoms with E-state index in [2.05, 4.69) is 78.9 Å². The van der Waals surface area contributed by atoms with Crippen LogP contribution in [0.2, 0.25) is 0 Å². The highest BCUT2D eigenvalue weighted by Crippen LogP contribution is 2.45. The molecule has 0 unspecified atom stereocenters. The molecule has 0 saturated heterocycles. The second-order valence-electron chi connectivity index (χ2n) is 9.82. The standard InChI is InChI=1S/C33H34O/c34-33(30-12-6-2-7-13-30,31-14-8-3-9-15-31)32-24-20-27(21-25-32)17-16-26-18-22-29(23-19-26)28-10-4-1-5-11-28/h1-15,18-19,22-23,27,32,34H,16-17,20-21,24-25H2. The van der Waals surface area contributed by atoms with Crippen molar-refractivity contribution in [2.24, 2.45) is 11.8 Å². The third-order valence-electron chi connectivity index (χ3n) is 7.77. The normalized spacial score (nSPS) is 18.5. The molecule has 4 aromatic rings. The van der Waals surface area contributed by atoms with Crippen molar-refractivity contribution in [3.05, 3.63) is 132 Å². The quantitative estimate of drug-likeness (QED) is 0.305. The Labute approximate surface area is 204 Å². The first-order valence-electron chi connectivity index (χ1n) is 12.7. The zero-order valence-electron chi connectivity index (χ0n) is 19.8. The fourth-order valence-corrected chi connectivity index (χ4v) is 5.76. The molecular formula is C33H34O. The van der Waals surface area contributed by atoms with Crippen molar-refractivity contribution in [1.29, 1.82) is 0 Å². The lowest BCUT2D eigenvalue weighted by atomic mass is 9.67. The van der Waals surface area contributed by atoms with Gasteiger partial charge in [-0.3, -0.25) is 0 Å². The third kappa shape index (κ3) is 4.86. The maximum absolute atomic E-state index is 12.1. The van der Waals surface area contributed by atoms with E-state index < -0.39 is 5.60 Å². The summed E-state index contributed by atoms with van der Waals surface area (Å²) >= 11 is 0. The second-order valence-corrected chi connectivity index (χ2v) is 9.82. The zero-order valence-corrected chi connectivity index (χ0v) is 19.8. The van der Waals surface area contributed by atoms with Gasteiger partial charge in [0.1, 0.15) is 5.60 Å². The second kappa shape index (κ2) is 10.4. The van der Waals surface area contributed by atoms with E-state index in [1.54, 1.807) is 0 Å². The molecule has 0 aromatic heterocycles. The molecule has 0 amide bonds. The van der Waals surface area contributed by atoms with Crippen LogP contribution in [0.5, 0.6) is 0 Å². The molecule has 4 aromatic carbocycles. The first-order chi connectivity index (χ1) is 16.7. The van der Waals surface area contributed by atoms with Gasteiger partial charge < -0.3 is 5.11 Å². The van der Waals surface area contributed by atoms with Crippen molar-refractivity contribution in [2.75, 3.05) is 0 Å². The molecule has 34 heavy (non-hydrogen) atoms. The predicted octanol–water partition coefficient (Wildman–Crippen LogP) is 8.03.